The zero-order valence-corrected chi connectivity index (χ0v) is 35.3. The minimum atomic E-state index is 1.07. The van der Waals surface area contributed by atoms with Crippen molar-refractivity contribution < 1.29 is 0 Å². The molecule has 2 heteroatoms. The molecular weight excluding hydrogens is 773 g/mol. The van der Waals surface area contributed by atoms with Gasteiger partial charge in [-0.3, -0.25) is 0 Å². The second-order valence-corrected chi connectivity index (χ2v) is 16.1. The van der Waals surface area contributed by atoms with E-state index in [1.54, 1.807) is 0 Å². The van der Waals surface area contributed by atoms with Crippen molar-refractivity contribution in [1.82, 2.24) is 0 Å². The first kappa shape index (κ1) is 38.5. The van der Waals surface area contributed by atoms with Crippen molar-refractivity contribution in [2.75, 3.05) is 9.80 Å². The Morgan fingerprint density at radius 1 is 0.172 bits per heavy atom. The lowest BCUT2D eigenvalue weighted by Gasteiger charge is -2.29. The molecule has 0 N–H and O–H groups in total. The molecule has 0 unspecified atom stereocenters. The van der Waals surface area contributed by atoms with E-state index in [9.17, 15) is 0 Å². The molecule has 0 radical (unpaired) electrons. The molecule has 11 aromatic rings. The van der Waals surface area contributed by atoms with E-state index >= 15 is 0 Å². The third-order valence-electron chi connectivity index (χ3n) is 12.2. The highest BCUT2D eigenvalue weighted by atomic mass is 15.2. The Balaban J connectivity index is 1.14. The lowest BCUT2D eigenvalue weighted by molar-refractivity contribution is 1.26. The molecule has 0 heterocycles. The second kappa shape index (κ2) is 17.1. The molecule has 0 aliphatic heterocycles. The minimum absolute atomic E-state index is 1.07. The zero-order chi connectivity index (χ0) is 42.7. The van der Waals surface area contributed by atoms with Crippen LogP contribution >= 0.6 is 0 Å². The molecule has 64 heavy (non-hydrogen) atoms. The Labute approximate surface area is 375 Å². The summed E-state index contributed by atoms with van der Waals surface area (Å²) in [5.74, 6) is 0. The SMILES string of the molecule is c1ccc(-c2cccc(-c3c4ccccc4c(-c4cccc(-c5ccccc5)c4)c4cc(N(c5ccccc5)c5ccc(N(c6ccccc6)c6ccccc6)cc5)ccc34)c2)cc1. The van der Waals surface area contributed by atoms with Crippen LogP contribution in [0.1, 0.15) is 0 Å². The summed E-state index contributed by atoms with van der Waals surface area (Å²) in [6, 6.07) is 96.3. The smallest absolute Gasteiger partial charge is 0.0468 e. The predicted octanol–water partition coefficient (Wildman–Crippen LogP) is 17.6. The lowest BCUT2D eigenvalue weighted by atomic mass is 9.84. The van der Waals surface area contributed by atoms with Crippen LogP contribution < -0.4 is 9.80 Å². The monoisotopic (exact) mass is 816 g/mol. The maximum absolute atomic E-state index is 2.41. The van der Waals surface area contributed by atoms with Crippen molar-refractivity contribution in [3.8, 4) is 44.5 Å². The molecule has 0 fully saturated rings. The van der Waals surface area contributed by atoms with Crippen LogP contribution in [0.25, 0.3) is 66.1 Å². The molecule has 0 aliphatic carbocycles. The standard InChI is InChI=1S/C62H44N2/c1-6-20-45(21-7-1)47-24-18-26-49(42-47)61-57-34-16-17-35-58(57)62(50-27-19-25-48(43-50)46-22-8-2-9-23-46)60-44-56(40-41-59(60)61)64(53-32-14-5-15-33-53)55-38-36-54(37-39-55)63(51-28-10-3-11-29-51)52-30-12-4-13-31-52/h1-44H. The molecule has 0 amide bonds. The number of para-hydroxylation sites is 3. The average Bonchev–Trinajstić information content (AvgIpc) is 3.38. The number of fused-ring (bicyclic) bond motifs is 2. The third-order valence-corrected chi connectivity index (χ3v) is 12.2. The molecule has 11 rings (SSSR count). The van der Waals surface area contributed by atoms with Gasteiger partial charge in [0.1, 0.15) is 0 Å². The fraction of sp³-hybridized carbons (Fsp3) is 0. The van der Waals surface area contributed by atoms with Gasteiger partial charge >= 0.3 is 0 Å². The summed E-state index contributed by atoms with van der Waals surface area (Å²) >= 11 is 0. The van der Waals surface area contributed by atoms with Crippen molar-refractivity contribution in [3.05, 3.63) is 267 Å². The maximum Gasteiger partial charge on any atom is 0.0468 e. The first-order valence-electron chi connectivity index (χ1n) is 21.9. The summed E-state index contributed by atoms with van der Waals surface area (Å²) in [7, 11) is 0. The first-order valence-corrected chi connectivity index (χ1v) is 21.9. The molecule has 0 saturated carbocycles. The van der Waals surface area contributed by atoms with E-state index < -0.39 is 0 Å². The van der Waals surface area contributed by atoms with Crippen LogP contribution in [0.3, 0.4) is 0 Å². The molecule has 0 bridgehead atoms. The Hall–Kier alpha value is -8.46. The topological polar surface area (TPSA) is 6.48 Å². The van der Waals surface area contributed by atoms with E-state index in [2.05, 4.69) is 277 Å². The van der Waals surface area contributed by atoms with Crippen LogP contribution in [0.4, 0.5) is 34.1 Å². The lowest BCUT2D eigenvalue weighted by Crippen LogP contribution is -2.12. The number of hydrogen-bond donors (Lipinski definition) is 0. The highest BCUT2D eigenvalue weighted by Crippen LogP contribution is 2.47. The molecule has 0 spiro atoms. The quantitative estimate of drug-likeness (QED) is 0.127. The van der Waals surface area contributed by atoms with Crippen LogP contribution in [0.5, 0.6) is 0 Å². The van der Waals surface area contributed by atoms with E-state index in [1.807, 2.05) is 0 Å². The average molecular weight is 817 g/mol. The number of rotatable bonds is 10. The summed E-state index contributed by atoms with van der Waals surface area (Å²) < 4.78 is 0. The Bertz CT molecular complexity index is 3310. The molecular formula is C62H44N2. The van der Waals surface area contributed by atoms with Gasteiger partial charge in [0.05, 0.1) is 0 Å². The van der Waals surface area contributed by atoms with Gasteiger partial charge in [-0.15, -0.1) is 0 Å². The van der Waals surface area contributed by atoms with Crippen molar-refractivity contribution in [2.24, 2.45) is 0 Å². The van der Waals surface area contributed by atoms with Gasteiger partial charge in [0.2, 0.25) is 0 Å². The van der Waals surface area contributed by atoms with Crippen LogP contribution in [0, 0.1) is 0 Å². The summed E-state index contributed by atoms with van der Waals surface area (Å²) in [6.45, 7) is 0. The fourth-order valence-electron chi connectivity index (χ4n) is 9.27. The van der Waals surface area contributed by atoms with Gasteiger partial charge < -0.3 is 9.80 Å². The van der Waals surface area contributed by atoms with E-state index in [4.69, 9.17) is 0 Å². The van der Waals surface area contributed by atoms with Crippen LogP contribution in [-0.2, 0) is 0 Å². The number of benzene rings is 11. The molecule has 2 nitrogen and oxygen atoms in total. The van der Waals surface area contributed by atoms with Crippen molar-refractivity contribution in [3.63, 3.8) is 0 Å². The Morgan fingerprint density at radius 3 is 0.906 bits per heavy atom. The first-order chi connectivity index (χ1) is 31.8. The molecule has 0 aliphatic rings. The van der Waals surface area contributed by atoms with E-state index in [-0.39, 0.29) is 0 Å². The fourth-order valence-corrected chi connectivity index (χ4v) is 9.27. The molecule has 0 aromatic heterocycles. The van der Waals surface area contributed by atoms with Gasteiger partial charge in [-0.1, -0.05) is 182 Å². The molecule has 11 aromatic carbocycles. The highest BCUT2D eigenvalue weighted by Gasteiger charge is 2.21. The van der Waals surface area contributed by atoms with Gasteiger partial charge in [0.25, 0.3) is 0 Å². The minimum Gasteiger partial charge on any atom is -0.311 e. The van der Waals surface area contributed by atoms with E-state index in [1.165, 1.54) is 66.1 Å². The van der Waals surface area contributed by atoms with Crippen LogP contribution in [0.15, 0.2) is 267 Å². The summed E-state index contributed by atoms with van der Waals surface area (Å²) in [4.78, 5) is 4.69. The van der Waals surface area contributed by atoms with Crippen LogP contribution in [0.2, 0.25) is 0 Å². The third kappa shape index (κ3) is 7.38. The van der Waals surface area contributed by atoms with Crippen LogP contribution in [-0.4, -0.2) is 0 Å². The van der Waals surface area contributed by atoms with E-state index in [0.717, 1.165) is 34.1 Å². The Kier molecular flexibility index (Phi) is 10.3. The Morgan fingerprint density at radius 2 is 0.469 bits per heavy atom. The highest BCUT2D eigenvalue weighted by molar-refractivity contribution is 6.22. The second-order valence-electron chi connectivity index (χ2n) is 16.1. The van der Waals surface area contributed by atoms with Crippen molar-refractivity contribution >= 4 is 55.7 Å². The van der Waals surface area contributed by atoms with Crippen molar-refractivity contribution in [2.45, 2.75) is 0 Å². The number of hydrogen-bond acceptors (Lipinski definition) is 2. The number of anilines is 6. The van der Waals surface area contributed by atoms with Gasteiger partial charge in [-0.05, 0) is 151 Å². The largest absolute Gasteiger partial charge is 0.311 e. The van der Waals surface area contributed by atoms with Gasteiger partial charge in [0, 0.05) is 34.1 Å². The normalized spacial score (nSPS) is 11.1. The maximum atomic E-state index is 2.41. The van der Waals surface area contributed by atoms with E-state index in [0.29, 0.717) is 0 Å². The summed E-state index contributed by atoms with van der Waals surface area (Å²) in [5, 5.41) is 4.84. The molecule has 0 saturated heterocycles. The van der Waals surface area contributed by atoms with Crippen molar-refractivity contribution in [1.29, 1.82) is 0 Å². The predicted molar refractivity (Wildman–Crippen MR) is 273 cm³/mol. The zero-order valence-electron chi connectivity index (χ0n) is 35.3. The van der Waals surface area contributed by atoms with Gasteiger partial charge in [-0.25, -0.2) is 0 Å². The summed E-state index contributed by atoms with van der Waals surface area (Å²) in [5.41, 5.74) is 16.2. The summed E-state index contributed by atoms with van der Waals surface area (Å²) in [6.07, 6.45) is 0. The van der Waals surface area contributed by atoms with Gasteiger partial charge in [0.15, 0.2) is 0 Å². The molecule has 0 atom stereocenters. The number of nitrogens with zero attached hydrogens (tertiary/aromatic N) is 2. The molecule has 302 valence electrons. The van der Waals surface area contributed by atoms with Gasteiger partial charge in [-0.2, -0.15) is 0 Å².